The summed E-state index contributed by atoms with van der Waals surface area (Å²) in [7, 11) is 0. The Balaban J connectivity index is 3.97. The van der Waals surface area contributed by atoms with Crippen LogP contribution in [0.2, 0.25) is 0 Å². The van der Waals surface area contributed by atoms with Crippen LogP contribution in [-0.2, 0) is 0 Å². The molecule has 0 saturated heterocycles. The van der Waals surface area contributed by atoms with Gasteiger partial charge in [-0.05, 0) is 32.2 Å². The minimum Gasteiger partial charge on any atom is -0.300 e. The predicted molar refractivity (Wildman–Crippen MR) is 61.0 cm³/mol. The van der Waals surface area contributed by atoms with Gasteiger partial charge in [-0.15, -0.1) is 6.58 Å². The first-order valence-electron chi connectivity index (χ1n) is 5.46. The van der Waals surface area contributed by atoms with Gasteiger partial charge in [-0.1, -0.05) is 26.8 Å². The van der Waals surface area contributed by atoms with E-state index in [0.29, 0.717) is 6.04 Å². The first kappa shape index (κ1) is 12.7. The summed E-state index contributed by atoms with van der Waals surface area (Å²) < 4.78 is 0. The first-order chi connectivity index (χ1) is 6.11. The minimum absolute atomic E-state index is 0.653. The third-order valence-electron chi connectivity index (χ3n) is 2.24. The lowest BCUT2D eigenvalue weighted by molar-refractivity contribution is 0.187. The standard InChI is InChI=1S/C12H25N/c1-6-8-12(5)13(9-7-2)10-11(3)4/h6,11-12H,1,7-10H2,2-5H3/t12-/m0/s1. The molecule has 0 radical (unpaired) electrons. The minimum atomic E-state index is 0.653. The van der Waals surface area contributed by atoms with Crippen molar-refractivity contribution in [1.29, 1.82) is 0 Å². The van der Waals surface area contributed by atoms with Gasteiger partial charge < -0.3 is 4.90 Å². The number of hydrogen-bond donors (Lipinski definition) is 0. The van der Waals surface area contributed by atoms with Gasteiger partial charge in [0.1, 0.15) is 0 Å². The van der Waals surface area contributed by atoms with E-state index in [1.54, 1.807) is 0 Å². The zero-order valence-electron chi connectivity index (χ0n) is 9.71. The van der Waals surface area contributed by atoms with Crippen LogP contribution >= 0.6 is 0 Å². The van der Waals surface area contributed by atoms with Gasteiger partial charge in [-0.2, -0.15) is 0 Å². The van der Waals surface area contributed by atoms with E-state index in [0.717, 1.165) is 12.3 Å². The van der Waals surface area contributed by atoms with Crippen LogP contribution in [-0.4, -0.2) is 24.0 Å². The number of nitrogens with zero attached hydrogens (tertiary/aromatic N) is 1. The highest BCUT2D eigenvalue weighted by molar-refractivity contribution is 4.77. The van der Waals surface area contributed by atoms with E-state index in [9.17, 15) is 0 Å². The molecule has 0 aromatic heterocycles. The quantitative estimate of drug-likeness (QED) is 0.547. The van der Waals surface area contributed by atoms with Gasteiger partial charge in [-0.25, -0.2) is 0 Å². The Kier molecular flexibility index (Phi) is 6.97. The van der Waals surface area contributed by atoms with Crippen molar-refractivity contribution in [2.45, 2.75) is 46.6 Å². The Morgan fingerprint density at radius 1 is 1.31 bits per heavy atom. The highest BCUT2D eigenvalue weighted by atomic mass is 15.1. The van der Waals surface area contributed by atoms with Gasteiger partial charge in [0.2, 0.25) is 0 Å². The summed E-state index contributed by atoms with van der Waals surface area (Å²) in [6.45, 7) is 15.3. The molecule has 0 amide bonds. The highest BCUT2D eigenvalue weighted by Crippen LogP contribution is 2.08. The molecule has 0 aliphatic heterocycles. The fourth-order valence-electron chi connectivity index (χ4n) is 1.64. The summed E-state index contributed by atoms with van der Waals surface area (Å²) in [4.78, 5) is 2.56. The third-order valence-corrected chi connectivity index (χ3v) is 2.24. The SMILES string of the molecule is C=CC[C@H](C)N(CCC)CC(C)C. The molecule has 0 heterocycles. The maximum atomic E-state index is 3.80. The number of hydrogen-bond acceptors (Lipinski definition) is 1. The molecule has 78 valence electrons. The second kappa shape index (κ2) is 7.14. The molecule has 13 heavy (non-hydrogen) atoms. The van der Waals surface area contributed by atoms with E-state index < -0.39 is 0 Å². The molecule has 0 N–H and O–H groups in total. The normalized spacial score (nSPS) is 13.7. The van der Waals surface area contributed by atoms with Crippen LogP contribution in [0.1, 0.15) is 40.5 Å². The fraction of sp³-hybridized carbons (Fsp3) is 0.833. The summed E-state index contributed by atoms with van der Waals surface area (Å²) in [6.07, 6.45) is 4.37. The van der Waals surface area contributed by atoms with Gasteiger partial charge in [0, 0.05) is 12.6 Å². The highest BCUT2D eigenvalue weighted by Gasteiger charge is 2.12. The summed E-state index contributed by atoms with van der Waals surface area (Å²) in [5.41, 5.74) is 0. The summed E-state index contributed by atoms with van der Waals surface area (Å²) in [5, 5.41) is 0. The topological polar surface area (TPSA) is 3.24 Å². The molecule has 0 spiro atoms. The Hall–Kier alpha value is -0.300. The van der Waals surface area contributed by atoms with Crippen LogP contribution in [0, 0.1) is 5.92 Å². The molecule has 0 aromatic carbocycles. The Morgan fingerprint density at radius 3 is 2.31 bits per heavy atom. The van der Waals surface area contributed by atoms with E-state index in [4.69, 9.17) is 0 Å². The molecule has 0 aromatic rings. The molecule has 0 aliphatic carbocycles. The second-order valence-corrected chi connectivity index (χ2v) is 4.26. The van der Waals surface area contributed by atoms with Crippen LogP contribution in [0.15, 0.2) is 12.7 Å². The summed E-state index contributed by atoms with van der Waals surface area (Å²) in [5.74, 6) is 0.763. The Labute approximate surface area is 83.8 Å². The summed E-state index contributed by atoms with van der Waals surface area (Å²) in [6, 6.07) is 0.653. The van der Waals surface area contributed by atoms with E-state index in [-0.39, 0.29) is 0 Å². The zero-order valence-corrected chi connectivity index (χ0v) is 9.71. The molecule has 0 aliphatic rings. The van der Waals surface area contributed by atoms with Crippen LogP contribution in [0.25, 0.3) is 0 Å². The first-order valence-corrected chi connectivity index (χ1v) is 5.46. The Bertz CT molecular complexity index is 129. The largest absolute Gasteiger partial charge is 0.300 e. The lowest BCUT2D eigenvalue weighted by Crippen LogP contribution is -2.36. The molecule has 1 nitrogen and oxygen atoms in total. The van der Waals surface area contributed by atoms with Crippen molar-refractivity contribution >= 4 is 0 Å². The van der Waals surface area contributed by atoms with Crippen molar-refractivity contribution in [3.63, 3.8) is 0 Å². The van der Waals surface area contributed by atoms with Gasteiger partial charge >= 0.3 is 0 Å². The van der Waals surface area contributed by atoms with Crippen molar-refractivity contribution < 1.29 is 0 Å². The van der Waals surface area contributed by atoms with E-state index in [1.165, 1.54) is 19.5 Å². The predicted octanol–water partition coefficient (Wildman–Crippen LogP) is 3.32. The fourth-order valence-corrected chi connectivity index (χ4v) is 1.64. The van der Waals surface area contributed by atoms with Crippen molar-refractivity contribution in [2.24, 2.45) is 5.92 Å². The van der Waals surface area contributed by atoms with Gasteiger partial charge in [0.15, 0.2) is 0 Å². The molecule has 1 atom stereocenters. The molecular formula is C12H25N. The van der Waals surface area contributed by atoms with Gasteiger partial charge in [0.05, 0.1) is 0 Å². The van der Waals surface area contributed by atoms with Crippen molar-refractivity contribution in [2.75, 3.05) is 13.1 Å². The second-order valence-electron chi connectivity index (χ2n) is 4.26. The lowest BCUT2D eigenvalue weighted by Gasteiger charge is -2.29. The Morgan fingerprint density at radius 2 is 1.92 bits per heavy atom. The maximum Gasteiger partial charge on any atom is 0.0101 e. The van der Waals surface area contributed by atoms with Gasteiger partial charge in [0.25, 0.3) is 0 Å². The van der Waals surface area contributed by atoms with Crippen molar-refractivity contribution in [3.05, 3.63) is 12.7 Å². The van der Waals surface area contributed by atoms with Crippen LogP contribution < -0.4 is 0 Å². The van der Waals surface area contributed by atoms with Crippen molar-refractivity contribution in [3.8, 4) is 0 Å². The van der Waals surface area contributed by atoms with E-state index in [1.807, 2.05) is 6.08 Å². The third kappa shape index (κ3) is 5.87. The van der Waals surface area contributed by atoms with E-state index in [2.05, 4.69) is 39.2 Å². The molecule has 1 heteroatoms. The lowest BCUT2D eigenvalue weighted by atomic mass is 10.1. The molecule has 0 fully saturated rings. The monoisotopic (exact) mass is 183 g/mol. The average molecular weight is 183 g/mol. The molecule has 0 rings (SSSR count). The maximum absolute atomic E-state index is 3.80. The zero-order chi connectivity index (χ0) is 10.3. The molecule has 0 unspecified atom stereocenters. The summed E-state index contributed by atoms with van der Waals surface area (Å²) >= 11 is 0. The molecule has 0 bridgehead atoms. The molecule has 0 saturated carbocycles. The van der Waals surface area contributed by atoms with Crippen molar-refractivity contribution in [1.82, 2.24) is 4.90 Å². The smallest absolute Gasteiger partial charge is 0.0101 e. The average Bonchev–Trinajstić information content (AvgIpc) is 2.03. The van der Waals surface area contributed by atoms with Crippen LogP contribution in [0.3, 0.4) is 0 Å². The van der Waals surface area contributed by atoms with Crippen LogP contribution in [0.4, 0.5) is 0 Å². The molecular weight excluding hydrogens is 158 g/mol. The van der Waals surface area contributed by atoms with E-state index >= 15 is 0 Å². The van der Waals surface area contributed by atoms with Gasteiger partial charge in [-0.3, -0.25) is 0 Å². The number of rotatable bonds is 7. The van der Waals surface area contributed by atoms with Crippen LogP contribution in [0.5, 0.6) is 0 Å².